The first-order valence-electron chi connectivity index (χ1n) is 8.53. The SMILES string of the molecule is O=c1[nH]c(Sc2cc[nH]c(=O)c2Cl)cnc1N1CCC2(CCOC2)CC1. The predicted molar refractivity (Wildman–Crippen MR) is 100 cm³/mol. The summed E-state index contributed by atoms with van der Waals surface area (Å²) in [5, 5.41) is 0.645. The molecule has 2 aliphatic rings. The summed E-state index contributed by atoms with van der Waals surface area (Å²) in [5.74, 6) is 0.445. The average Bonchev–Trinajstić information content (AvgIpc) is 3.08. The molecule has 2 N–H and O–H groups in total. The number of pyridine rings is 1. The van der Waals surface area contributed by atoms with E-state index in [2.05, 4.69) is 15.0 Å². The fraction of sp³-hybridized carbons (Fsp3) is 0.471. The van der Waals surface area contributed by atoms with Gasteiger partial charge in [-0.2, -0.15) is 0 Å². The maximum Gasteiger partial charge on any atom is 0.291 e. The normalized spacial score (nSPS) is 19.2. The van der Waals surface area contributed by atoms with Crippen LogP contribution in [0.25, 0.3) is 0 Å². The summed E-state index contributed by atoms with van der Waals surface area (Å²) in [6, 6.07) is 1.69. The second-order valence-corrected chi connectivity index (χ2v) is 8.24. The molecule has 4 rings (SSSR count). The number of aromatic nitrogens is 3. The predicted octanol–water partition coefficient (Wildman–Crippen LogP) is 2.27. The van der Waals surface area contributed by atoms with Crippen LogP contribution in [-0.2, 0) is 4.74 Å². The average molecular weight is 395 g/mol. The molecule has 0 aliphatic carbocycles. The number of rotatable bonds is 3. The van der Waals surface area contributed by atoms with Crippen LogP contribution in [0.3, 0.4) is 0 Å². The van der Waals surface area contributed by atoms with E-state index in [0.717, 1.165) is 45.6 Å². The molecule has 4 heterocycles. The maximum atomic E-state index is 12.5. The van der Waals surface area contributed by atoms with Crippen molar-refractivity contribution < 1.29 is 4.74 Å². The van der Waals surface area contributed by atoms with Gasteiger partial charge in [-0.15, -0.1) is 0 Å². The molecule has 0 radical (unpaired) electrons. The smallest absolute Gasteiger partial charge is 0.291 e. The number of hydrogen-bond donors (Lipinski definition) is 2. The lowest BCUT2D eigenvalue weighted by Crippen LogP contribution is -2.42. The Hall–Kier alpha value is -1.77. The second kappa shape index (κ2) is 7.09. The lowest BCUT2D eigenvalue weighted by Gasteiger charge is -2.38. The molecule has 0 saturated carbocycles. The highest BCUT2D eigenvalue weighted by Crippen LogP contribution is 2.39. The third-order valence-corrected chi connectivity index (χ3v) is 6.61. The minimum Gasteiger partial charge on any atom is -0.381 e. The van der Waals surface area contributed by atoms with E-state index in [4.69, 9.17) is 16.3 Å². The molecular formula is C17H19ClN4O3S. The monoisotopic (exact) mass is 394 g/mol. The first kappa shape index (κ1) is 17.6. The van der Waals surface area contributed by atoms with Gasteiger partial charge >= 0.3 is 0 Å². The molecule has 2 aromatic rings. The quantitative estimate of drug-likeness (QED) is 0.829. The molecule has 2 saturated heterocycles. The lowest BCUT2D eigenvalue weighted by molar-refractivity contribution is 0.133. The van der Waals surface area contributed by atoms with Crippen molar-refractivity contribution in [2.75, 3.05) is 31.2 Å². The Morgan fingerprint density at radius 3 is 2.73 bits per heavy atom. The zero-order chi connectivity index (χ0) is 18.1. The Morgan fingerprint density at radius 1 is 1.23 bits per heavy atom. The van der Waals surface area contributed by atoms with Gasteiger partial charge in [0, 0.05) is 30.8 Å². The summed E-state index contributed by atoms with van der Waals surface area (Å²) < 4.78 is 5.55. The van der Waals surface area contributed by atoms with Crippen molar-refractivity contribution in [2.24, 2.45) is 5.41 Å². The fourth-order valence-electron chi connectivity index (χ4n) is 3.53. The molecule has 0 atom stereocenters. The number of nitrogens with zero attached hydrogens (tertiary/aromatic N) is 2. The molecule has 1 spiro atoms. The number of hydrogen-bond acceptors (Lipinski definition) is 6. The van der Waals surface area contributed by atoms with E-state index in [1.165, 1.54) is 18.0 Å². The number of anilines is 1. The van der Waals surface area contributed by atoms with Gasteiger partial charge in [0.1, 0.15) is 5.02 Å². The lowest BCUT2D eigenvalue weighted by atomic mass is 9.78. The van der Waals surface area contributed by atoms with Crippen LogP contribution in [0.15, 0.2) is 38.0 Å². The van der Waals surface area contributed by atoms with Crippen molar-refractivity contribution in [3.05, 3.63) is 44.2 Å². The number of H-pyrrole nitrogens is 2. The number of halogens is 1. The minimum absolute atomic E-state index is 0.0996. The first-order chi connectivity index (χ1) is 12.6. The summed E-state index contributed by atoms with van der Waals surface area (Å²) >= 11 is 7.21. The molecule has 138 valence electrons. The molecule has 0 amide bonds. The van der Waals surface area contributed by atoms with E-state index in [-0.39, 0.29) is 21.6 Å². The zero-order valence-corrected chi connectivity index (χ0v) is 15.7. The van der Waals surface area contributed by atoms with Gasteiger partial charge in [-0.1, -0.05) is 23.4 Å². The first-order valence-corrected chi connectivity index (χ1v) is 9.73. The third kappa shape index (κ3) is 3.41. The van der Waals surface area contributed by atoms with E-state index in [9.17, 15) is 9.59 Å². The number of aromatic amines is 2. The third-order valence-electron chi connectivity index (χ3n) is 5.14. The Labute approximate surface area is 159 Å². The molecule has 2 fully saturated rings. The van der Waals surface area contributed by atoms with Crippen molar-refractivity contribution in [1.82, 2.24) is 15.0 Å². The van der Waals surface area contributed by atoms with E-state index in [1.807, 2.05) is 4.90 Å². The number of ether oxygens (including phenoxy) is 1. The van der Waals surface area contributed by atoms with Gasteiger partial charge < -0.3 is 19.6 Å². The van der Waals surface area contributed by atoms with Gasteiger partial charge in [-0.3, -0.25) is 9.59 Å². The van der Waals surface area contributed by atoms with Crippen LogP contribution in [0.4, 0.5) is 5.82 Å². The summed E-state index contributed by atoms with van der Waals surface area (Å²) in [5.41, 5.74) is -0.299. The van der Waals surface area contributed by atoms with Crippen LogP contribution in [0.1, 0.15) is 19.3 Å². The molecule has 0 unspecified atom stereocenters. The maximum absolute atomic E-state index is 12.5. The van der Waals surface area contributed by atoms with Gasteiger partial charge in [0.2, 0.25) is 0 Å². The Bertz CT molecular complexity index is 913. The van der Waals surface area contributed by atoms with Gasteiger partial charge in [-0.25, -0.2) is 4.98 Å². The van der Waals surface area contributed by atoms with Gasteiger partial charge in [0.25, 0.3) is 11.1 Å². The van der Waals surface area contributed by atoms with Gasteiger partial charge in [0.05, 0.1) is 17.8 Å². The van der Waals surface area contributed by atoms with Crippen molar-refractivity contribution in [3.63, 3.8) is 0 Å². The summed E-state index contributed by atoms with van der Waals surface area (Å²) in [7, 11) is 0. The van der Waals surface area contributed by atoms with Gasteiger partial charge in [0.15, 0.2) is 5.82 Å². The highest BCUT2D eigenvalue weighted by molar-refractivity contribution is 7.99. The van der Waals surface area contributed by atoms with Crippen molar-refractivity contribution in [2.45, 2.75) is 29.2 Å². The van der Waals surface area contributed by atoms with Crippen LogP contribution in [0.5, 0.6) is 0 Å². The number of piperidine rings is 1. The largest absolute Gasteiger partial charge is 0.381 e. The Balaban J connectivity index is 1.49. The summed E-state index contributed by atoms with van der Waals surface area (Å²) in [4.78, 5) is 36.4. The van der Waals surface area contributed by atoms with E-state index in [1.54, 1.807) is 12.3 Å². The van der Waals surface area contributed by atoms with Crippen molar-refractivity contribution in [3.8, 4) is 0 Å². The van der Waals surface area contributed by atoms with E-state index >= 15 is 0 Å². The second-order valence-electron chi connectivity index (χ2n) is 6.78. The van der Waals surface area contributed by atoms with E-state index in [0.29, 0.717) is 15.7 Å². The molecule has 2 aliphatic heterocycles. The van der Waals surface area contributed by atoms with Crippen LogP contribution in [-0.4, -0.2) is 41.3 Å². The van der Waals surface area contributed by atoms with Crippen LogP contribution in [0.2, 0.25) is 5.02 Å². The standard InChI is InChI=1S/C17H19ClN4O3S/c18-13-11(1-5-19-15(13)23)26-12-9-20-14(16(24)21-12)22-6-2-17(3-7-22)4-8-25-10-17/h1,5,9H,2-4,6-8,10H2,(H,19,23)(H,21,24). The highest BCUT2D eigenvalue weighted by Gasteiger charge is 2.38. The van der Waals surface area contributed by atoms with E-state index < -0.39 is 0 Å². The fourth-order valence-corrected chi connectivity index (χ4v) is 4.57. The molecule has 9 heteroatoms. The molecule has 26 heavy (non-hydrogen) atoms. The minimum atomic E-state index is -0.360. The highest BCUT2D eigenvalue weighted by atomic mass is 35.5. The van der Waals surface area contributed by atoms with Crippen molar-refractivity contribution in [1.29, 1.82) is 0 Å². The van der Waals surface area contributed by atoms with Crippen LogP contribution < -0.4 is 16.0 Å². The molecule has 7 nitrogen and oxygen atoms in total. The summed E-state index contributed by atoms with van der Waals surface area (Å²) in [6.07, 6.45) is 6.28. The Kier molecular flexibility index (Phi) is 4.81. The Morgan fingerprint density at radius 2 is 2.04 bits per heavy atom. The summed E-state index contributed by atoms with van der Waals surface area (Å²) in [6.45, 7) is 3.30. The molecule has 2 aromatic heterocycles. The van der Waals surface area contributed by atoms with Crippen molar-refractivity contribution >= 4 is 29.2 Å². The van der Waals surface area contributed by atoms with Gasteiger partial charge in [-0.05, 0) is 30.7 Å². The van der Waals surface area contributed by atoms with Crippen LogP contribution in [0, 0.1) is 5.41 Å². The topological polar surface area (TPSA) is 91.1 Å². The molecular weight excluding hydrogens is 376 g/mol. The number of nitrogens with one attached hydrogen (secondary N) is 2. The molecule has 0 aromatic carbocycles. The van der Waals surface area contributed by atoms with Crippen LogP contribution >= 0.6 is 23.4 Å². The zero-order valence-electron chi connectivity index (χ0n) is 14.1. The molecule has 0 bridgehead atoms.